The molecule has 0 saturated heterocycles. The van der Waals surface area contributed by atoms with Gasteiger partial charge in [-0.2, -0.15) is 0 Å². The zero-order chi connectivity index (χ0) is 20.2. The van der Waals surface area contributed by atoms with Gasteiger partial charge in [-0.3, -0.25) is 9.36 Å². The zero-order valence-corrected chi connectivity index (χ0v) is 17.6. The van der Waals surface area contributed by atoms with Gasteiger partial charge in [-0.15, -0.1) is 21.5 Å². The summed E-state index contributed by atoms with van der Waals surface area (Å²) in [5.41, 5.74) is 4.10. The number of benzene rings is 2. The molecule has 2 aromatic heterocycles. The molecule has 0 radical (unpaired) electrons. The maximum absolute atomic E-state index is 11.2. The van der Waals surface area contributed by atoms with Gasteiger partial charge in [0.1, 0.15) is 0 Å². The molecule has 8 heteroatoms. The summed E-state index contributed by atoms with van der Waals surface area (Å²) in [7, 11) is 0. The van der Waals surface area contributed by atoms with Crippen LogP contribution in [0.15, 0.2) is 65.1 Å². The molecule has 1 amide bonds. The normalized spacial score (nSPS) is 10.8. The van der Waals surface area contributed by atoms with Crippen molar-refractivity contribution in [1.29, 1.82) is 0 Å². The predicted octanol–water partition coefficient (Wildman–Crippen LogP) is 4.95. The number of thioether (sulfide) groups is 1. The minimum absolute atomic E-state index is 0.120. The second-order valence-electron chi connectivity index (χ2n) is 6.46. The molecule has 0 fully saturated rings. The molecule has 29 heavy (non-hydrogen) atoms. The fourth-order valence-electron chi connectivity index (χ4n) is 2.86. The Balaban J connectivity index is 1.65. The summed E-state index contributed by atoms with van der Waals surface area (Å²) in [5.74, 6) is 1.32. The first-order valence-electron chi connectivity index (χ1n) is 9.03. The van der Waals surface area contributed by atoms with Gasteiger partial charge in [0.2, 0.25) is 5.91 Å². The Morgan fingerprint density at radius 3 is 2.72 bits per heavy atom. The van der Waals surface area contributed by atoms with E-state index in [1.807, 2.05) is 47.8 Å². The largest absolute Gasteiger partial charge is 0.302 e. The maximum Gasteiger partial charge on any atom is 0.223 e. The second-order valence-corrected chi connectivity index (χ2v) is 8.26. The minimum Gasteiger partial charge on any atom is -0.302 e. The van der Waals surface area contributed by atoms with E-state index in [0.29, 0.717) is 10.9 Å². The third-order valence-electron chi connectivity index (χ3n) is 4.11. The van der Waals surface area contributed by atoms with Crippen molar-refractivity contribution in [2.75, 3.05) is 5.32 Å². The number of aryl methyl sites for hydroxylation is 1. The van der Waals surface area contributed by atoms with Crippen molar-refractivity contribution in [2.24, 2.45) is 0 Å². The van der Waals surface area contributed by atoms with Crippen LogP contribution in [0.25, 0.3) is 17.1 Å². The van der Waals surface area contributed by atoms with Crippen LogP contribution in [0.5, 0.6) is 0 Å². The van der Waals surface area contributed by atoms with Crippen LogP contribution < -0.4 is 5.32 Å². The van der Waals surface area contributed by atoms with E-state index >= 15 is 0 Å². The lowest BCUT2D eigenvalue weighted by molar-refractivity contribution is -0.114. The first kappa shape index (κ1) is 19.4. The number of hydrogen-bond donors (Lipinski definition) is 1. The van der Waals surface area contributed by atoms with Crippen molar-refractivity contribution >= 4 is 34.1 Å². The fourth-order valence-corrected chi connectivity index (χ4v) is 4.57. The molecule has 6 nitrogen and oxygen atoms in total. The van der Waals surface area contributed by atoms with Gasteiger partial charge in [-0.25, -0.2) is 4.98 Å². The fraction of sp³-hybridized carbons (Fsp3) is 0.143. The van der Waals surface area contributed by atoms with Crippen LogP contribution in [0.2, 0.25) is 0 Å². The van der Waals surface area contributed by atoms with Crippen LogP contribution in [-0.4, -0.2) is 25.7 Å². The average Bonchev–Trinajstić information content (AvgIpc) is 3.33. The molecular weight excluding hydrogens is 402 g/mol. The van der Waals surface area contributed by atoms with E-state index in [1.165, 1.54) is 23.8 Å². The summed E-state index contributed by atoms with van der Waals surface area (Å²) < 4.78 is 2.07. The molecule has 146 valence electrons. The number of aromatic nitrogens is 4. The molecular formula is C21H19N5OS2. The molecule has 0 aliphatic carbocycles. The Hall–Kier alpha value is -2.97. The first-order chi connectivity index (χ1) is 14.1. The number of anilines is 1. The molecule has 1 N–H and O–H groups in total. The number of amides is 1. The van der Waals surface area contributed by atoms with Crippen molar-refractivity contribution in [3.63, 3.8) is 0 Å². The van der Waals surface area contributed by atoms with Crippen LogP contribution in [0, 0.1) is 6.92 Å². The van der Waals surface area contributed by atoms with Gasteiger partial charge in [-0.05, 0) is 25.1 Å². The lowest BCUT2D eigenvalue weighted by Gasteiger charge is -2.10. The van der Waals surface area contributed by atoms with E-state index in [4.69, 9.17) is 0 Å². The molecule has 0 spiro atoms. The van der Waals surface area contributed by atoms with Crippen LogP contribution in [0.3, 0.4) is 0 Å². The van der Waals surface area contributed by atoms with Crippen LogP contribution in [0.4, 0.5) is 5.13 Å². The first-order valence-corrected chi connectivity index (χ1v) is 10.9. The molecule has 0 atom stereocenters. The minimum atomic E-state index is -0.120. The number of hydrogen-bond acceptors (Lipinski definition) is 6. The van der Waals surface area contributed by atoms with E-state index in [-0.39, 0.29) is 5.91 Å². The summed E-state index contributed by atoms with van der Waals surface area (Å²) in [6.07, 6.45) is 0. The quantitative estimate of drug-likeness (QED) is 0.446. The Morgan fingerprint density at radius 2 is 1.97 bits per heavy atom. The number of carbonyl (C=O) groups is 1. The van der Waals surface area contributed by atoms with Gasteiger partial charge in [0, 0.05) is 29.3 Å². The molecule has 0 aliphatic heterocycles. The van der Waals surface area contributed by atoms with E-state index in [9.17, 15) is 4.79 Å². The van der Waals surface area contributed by atoms with Gasteiger partial charge < -0.3 is 5.32 Å². The Bertz CT molecular complexity index is 1140. The second kappa shape index (κ2) is 8.59. The molecule has 4 rings (SSSR count). The van der Waals surface area contributed by atoms with Gasteiger partial charge in [0.15, 0.2) is 16.1 Å². The highest BCUT2D eigenvalue weighted by Gasteiger charge is 2.17. The van der Waals surface area contributed by atoms with Crippen molar-refractivity contribution in [2.45, 2.75) is 24.8 Å². The lowest BCUT2D eigenvalue weighted by Crippen LogP contribution is -2.05. The number of carbonyl (C=O) groups excluding carboxylic acids is 1. The Labute approximate surface area is 177 Å². The van der Waals surface area contributed by atoms with Crippen molar-refractivity contribution < 1.29 is 4.79 Å². The van der Waals surface area contributed by atoms with E-state index in [1.54, 1.807) is 11.8 Å². The number of thiazole rings is 1. The topological polar surface area (TPSA) is 72.7 Å². The Kier molecular flexibility index (Phi) is 5.73. The standard InChI is InChI=1S/C21H19N5OS2/c1-14-7-6-8-16(11-14)19-24-25-21(26(19)18-9-4-3-5-10-18)29-13-17-12-28-20(23-17)22-15(2)27/h3-12H,13H2,1-2H3,(H,22,23,27). The van der Waals surface area contributed by atoms with Crippen molar-refractivity contribution in [1.82, 2.24) is 19.7 Å². The number of nitrogens with one attached hydrogen (secondary N) is 1. The summed E-state index contributed by atoms with van der Waals surface area (Å²) >= 11 is 2.99. The highest BCUT2D eigenvalue weighted by molar-refractivity contribution is 7.98. The van der Waals surface area contributed by atoms with Crippen LogP contribution in [-0.2, 0) is 10.5 Å². The average molecular weight is 422 g/mol. The van der Waals surface area contributed by atoms with E-state index < -0.39 is 0 Å². The third-order valence-corrected chi connectivity index (χ3v) is 5.88. The number of para-hydroxylation sites is 1. The van der Waals surface area contributed by atoms with Crippen LogP contribution in [0.1, 0.15) is 18.2 Å². The van der Waals surface area contributed by atoms with Gasteiger partial charge in [0.25, 0.3) is 0 Å². The SMILES string of the molecule is CC(=O)Nc1nc(CSc2nnc(-c3cccc(C)c3)n2-c2ccccc2)cs1. The molecule has 4 aromatic rings. The number of rotatable bonds is 6. The molecule has 2 aromatic carbocycles. The molecule has 0 unspecified atom stereocenters. The number of nitrogens with zero attached hydrogens (tertiary/aromatic N) is 4. The van der Waals surface area contributed by atoms with Gasteiger partial charge >= 0.3 is 0 Å². The lowest BCUT2D eigenvalue weighted by atomic mass is 10.1. The predicted molar refractivity (Wildman–Crippen MR) is 118 cm³/mol. The summed E-state index contributed by atoms with van der Waals surface area (Å²) in [5, 5.41) is 15.0. The summed E-state index contributed by atoms with van der Waals surface area (Å²) in [6, 6.07) is 18.3. The molecule has 0 saturated carbocycles. The highest BCUT2D eigenvalue weighted by Crippen LogP contribution is 2.30. The van der Waals surface area contributed by atoms with Gasteiger partial charge in [0.05, 0.1) is 5.69 Å². The van der Waals surface area contributed by atoms with Crippen LogP contribution >= 0.6 is 23.1 Å². The van der Waals surface area contributed by atoms with E-state index in [0.717, 1.165) is 27.9 Å². The smallest absolute Gasteiger partial charge is 0.223 e. The molecule has 0 aliphatic rings. The summed E-state index contributed by atoms with van der Waals surface area (Å²) in [6.45, 7) is 3.54. The maximum atomic E-state index is 11.2. The monoisotopic (exact) mass is 421 g/mol. The molecule has 2 heterocycles. The zero-order valence-electron chi connectivity index (χ0n) is 16.0. The Morgan fingerprint density at radius 1 is 1.14 bits per heavy atom. The van der Waals surface area contributed by atoms with E-state index in [2.05, 4.69) is 44.1 Å². The van der Waals surface area contributed by atoms with Crippen molar-refractivity contribution in [3.05, 3.63) is 71.2 Å². The van der Waals surface area contributed by atoms with Crippen molar-refractivity contribution in [3.8, 4) is 17.1 Å². The third kappa shape index (κ3) is 4.55. The highest BCUT2D eigenvalue weighted by atomic mass is 32.2. The summed E-state index contributed by atoms with van der Waals surface area (Å²) in [4.78, 5) is 15.6. The molecule has 0 bridgehead atoms. The van der Waals surface area contributed by atoms with Gasteiger partial charge in [-0.1, -0.05) is 53.7 Å².